The Morgan fingerprint density at radius 3 is 2.50 bits per heavy atom. The number of halogens is 3. The van der Waals surface area contributed by atoms with E-state index < -0.39 is 0 Å². The monoisotopic (exact) mass is 515 g/mol. The first-order valence-electron chi connectivity index (χ1n) is 10.3. The highest BCUT2D eigenvalue weighted by molar-refractivity contribution is 7.98. The summed E-state index contributed by atoms with van der Waals surface area (Å²) < 4.78 is 15.0. The lowest BCUT2D eigenvalue weighted by Crippen LogP contribution is -2.29. The van der Waals surface area contributed by atoms with Crippen LogP contribution in [0, 0.1) is 12.7 Å². The minimum atomic E-state index is -0.379. The van der Waals surface area contributed by atoms with Crippen LogP contribution in [0.25, 0.3) is 5.69 Å². The minimum Gasteiger partial charge on any atom is -0.331 e. The predicted octanol–water partition coefficient (Wildman–Crippen LogP) is 6.64. The van der Waals surface area contributed by atoms with Gasteiger partial charge in [-0.25, -0.2) is 9.18 Å². The van der Waals surface area contributed by atoms with Crippen LogP contribution >= 0.6 is 35.0 Å². The number of rotatable bonds is 7. The molecular weight excluding hydrogens is 496 g/mol. The zero-order chi connectivity index (χ0) is 24.1. The fourth-order valence-corrected chi connectivity index (χ4v) is 4.40. The molecule has 2 N–H and O–H groups in total. The molecule has 10 heteroatoms. The lowest BCUT2D eigenvalue weighted by molar-refractivity contribution is 0.251. The average Bonchev–Trinajstić information content (AvgIpc) is 3.23. The first kappa shape index (κ1) is 24.1. The molecule has 0 saturated carbocycles. The largest absolute Gasteiger partial charge is 0.331 e. The number of thioether (sulfide) groups is 1. The predicted molar refractivity (Wildman–Crippen MR) is 134 cm³/mol. The Hall–Kier alpha value is -3.07. The smallest absolute Gasteiger partial charge is 0.319 e. The fourth-order valence-electron chi connectivity index (χ4n) is 3.11. The summed E-state index contributed by atoms with van der Waals surface area (Å²) in [5.41, 5.74) is 3.30. The molecule has 0 unspecified atom stereocenters. The van der Waals surface area contributed by atoms with Crippen LogP contribution in [0.1, 0.15) is 17.0 Å². The Labute approximate surface area is 210 Å². The van der Waals surface area contributed by atoms with Gasteiger partial charge in [-0.05, 0) is 55.0 Å². The van der Waals surface area contributed by atoms with Gasteiger partial charge in [0.25, 0.3) is 0 Å². The van der Waals surface area contributed by atoms with E-state index >= 15 is 0 Å². The molecule has 174 valence electrons. The number of hydrogen-bond donors (Lipinski definition) is 2. The van der Waals surface area contributed by atoms with Crippen molar-refractivity contribution in [3.63, 3.8) is 0 Å². The molecule has 1 heterocycles. The number of carbonyl (C=O) groups excluding carboxylic acids is 1. The maximum absolute atomic E-state index is 13.2. The van der Waals surface area contributed by atoms with Crippen molar-refractivity contribution in [2.75, 3.05) is 5.32 Å². The molecule has 0 spiro atoms. The van der Waals surface area contributed by atoms with E-state index in [9.17, 15) is 9.18 Å². The van der Waals surface area contributed by atoms with Crippen molar-refractivity contribution in [2.24, 2.45) is 0 Å². The van der Waals surface area contributed by atoms with E-state index in [0.717, 1.165) is 11.1 Å². The third-order valence-electron chi connectivity index (χ3n) is 4.85. The van der Waals surface area contributed by atoms with Crippen molar-refractivity contribution in [1.29, 1.82) is 0 Å². The molecule has 34 heavy (non-hydrogen) atoms. The van der Waals surface area contributed by atoms with Gasteiger partial charge in [0.15, 0.2) is 11.0 Å². The Kier molecular flexibility index (Phi) is 7.72. The van der Waals surface area contributed by atoms with Gasteiger partial charge < -0.3 is 10.6 Å². The highest BCUT2D eigenvalue weighted by Crippen LogP contribution is 2.31. The normalized spacial score (nSPS) is 10.8. The highest BCUT2D eigenvalue weighted by atomic mass is 35.5. The average molecular weight is 516 g/mol. The molecule has 0 radical (unpaired) electrons. The van der Waals surface area contributed by atoms with Crippen LogP contribution in [0.3, 0.4) is 0 Å². The second-order valence-electron chi connectivity index (χ2n) is 7.42. The molecule has 2 amide bonds. The summed E-state index contributed by atoms with van der Waals surface area (Å²) in [6.07, 6.45) is 0. The van der Waals surface area contributed by atoms with E-state index in [0.29, 0.717) is 38.2 Å². The van der Waals surface area contributed by atoms with Crippen LogP contribution in [0.4, 0.5) is 14.9 Å². The number of nitrogens with zero attached hydrogens (tertiary/aromatic N) is 3. The first-order chi connectivity index (χ1) is 16.4. The number of hydrogen-bond acceptors (Lipinski definition) is 4. The summed E-state index contributed by atoms with van der Waals surface area (Å²) in [6.45, 7) is 2.08. The maximum atomic E-state index is 13.2. The number of benzene rings is 3. The van der Waals surface area contributed by atoms with Gasteiger partial charge in [-0.15, -0.1) is 10.2 Å². The Balaban J connectivity index is 1.55. The standard InChI is InChI=1S/C24H20Cl2FN5OS/c1-15-2-9-19(10-3-15)29-23(33)28-13-22-30-31-24(34-14-16-4-7-18(27)8-5-16)32(22)21-12-17(25)6-11-20(21)26/h2-12H,13-14H2,1H3,(H2,28,29,33). The van der Waals surface area contributed by atoms with E-state index in [1.807, 2.05) is 31.2 Å². The molecule has 0 aliphatic rings. The number of aromatic nitrogens is 3. The van der Waals surface area contributed by atoms with E-state index in [1.165, 1.54) is 23.9 Å². The molecule has 6 nitrogen and oxygen atoms in total. The van der Waals surface area contributed by atoms with Gasteiger partial charge in [-0.3, -0.25) is 4.57 Å². The molecule has 4 aromatic rings. The zero-order valence-corrected chi connectivity index (χ0v) is 20.4. The fraction of sp³-hybridized carbons (Fsp3) is 0.125. The minimum absolute atomic E-state index is 0.102. The lowest BCUT2D eigenvalue weighted by Gasteiger charge is -2.13. The van der Waals surface area contributed by atoms with Crippen LogP contribution in [-0.4, -0.2) is 20.8 Å². The quantitative estimate of drug-likeness (QED) is 0.270. The molecular formula is C24H20Cl2FN5OS. The van der Waals surface area contributed by atoms with Crippen LogP contribution in [0.2, 0.25) is 10.0 Å². The molecule has 0 aliphatic heterocycles. The SMILES string of the molecule is Cc1ccc(NC(=O)NCc2nnc(SCc3ccc(F)cc3)n2-c2cc(Cl)ccc2Cl)cc1. The maximum Gasteiger partial charge on any atom is 0.319 e. The van der Waals surface area contributed by atoms with Gasteiger partial charge in [-0.1, -0.05) is 64.8 Å². The van der Waals surface area contributed by atoms with E-state index in [-0.39, 0.29) is 18.4 Å². The van der Waals surface area contributed by atoms with Gasteiger partial charge in [0.2, 0.25) is 0 Å². The molecule has 4 rings (SSSR count). The van der Waals surface area contributed by atoms with Gasteiger partial charge >= 0.3 is 6.03 Å². The van der Waals surface area contributed by atoms with E-state index in [2.05, 4.69) is 20.8 Å². The Morgan fingerprint density at radius 1 is 1.03 bits per heavy atom. The topological polar surface area (TPSA) is 71.8 Å². The molecule has 0 atom stereocenters. The highest BCUT2D eigenvalue weighted by Gasteiger charge is 2.18. The summed E-state index contributed by atoms with van der Waals surface area (Å²) >= 11 is 14.1. The van der Waals surface area contributed by atoms with Crippen molar-refractivity contribution in [2.45, 2.75) is 24.4 Å². The van der Waals surface area contributed by atoms with Gasteiger partial charge in [0.1, 0.15) is 5.82 Å². The Bertz CT molecular complexity index is 1300. The summed E-state index contributed by atoms with van der Waals surface area (Å²) in [5, 5.41) is 15.7. The second kappa shape index (κ2) is 10.9. The number of aryl methyl sites for hydroxylation is 1. The third kappa shape index (κ3) is 6.08. The molecule has 0 bridgehead atoms. The lowest BCUT2D eigenvalue weighted by atomic mass is 10.2. The van der Waals surface area contributed by atoms with Crippen LogP contribution in [0.5, 0.6) is 0 Å². The summed E-state index contributed by atoms with van der Waals surface area (Å²) in [6, 6.07) is 18.5. The molecule has 0 aliphatic carbocycles. The number of carbonyl (C=O) groups is 1. The summed E-state index contributed by atoms with van der Waals surface area (Å²) in [7, 11) is 0. The van der Waals surface area contributed by atoms with Crippen molar-refractivity contribution in [3.05, 3.63) is 99.5 Å². The molecule has 3 aromatic carbocycles. The van der Waals surface area contributed by atoms with E-state index in [4.69, 9.17) is 23.2 Å². The van der Waals surface area contributed by atoms with Crippen molar-refractivity contribution < 1.29 is 9.18 Å². The van der Waals surface area contributed by atoms with Gasteiger partial charge in [0, 0.05) is 16.5 Å². The van der Waals surface area contributed by atoms with Crippen LogP contribution in [-0.2, 0) is 12.3 Å². The summed E-state index contributed by atoms with van der Waals surface area (Å²) in [5.74, 6) is 0.725. The third-order valence-corrected chi connectivity index (χ3v) is 6.40. The van der Waals surface area contributed by atoms with Crippen molar-refractivity contribution in [1.82, 2.24) is 20.1 Å². The van der Waals surface area contributed by atoms with Crippen LogP contribution in [0.15, 0.2) is 71.9 Å². The van der Waals surface area contributed by atoms with Crippen molar-refractivity contribution in [3.8, 4) is 5.69 Å². The second-order valence-corrected chi connectivity index (χ2v) is 9.20. The first-order valence-corrected chi connectivity index (χ1v) is 12.0. The zero-order valence-electron chi connectivity index (χ0n) is 18.1. The van der Waals surface area contributed by atoms with E-state index in [1.54, 1.807) is 34.9 Å². The molecule has 0 fully saturated rings. The van der Waals surface area contributed by atoms with Gasteiger partial charge in [-0.2, -0.15) is 0 Å². The van der Waals surface area contributed by atoms with Gasteiger partial charge in [0.05, 0.1) is 17.3 Å². The number of nitrogens with one attached hydrogen (secondary N) is 2. The number of amides is 2. The summed E-state index contributed by atoms with van der Waals surface area (Å²) in [4.78, 5) is 12.4. The molecule has 0 saturated heterocycles. The number of urea groups is 1. The van der Waals surface area contributed by atoms with Crippen LogP contribution < -0.4 is 10.6 Å². The Morgan fingerprint density at radius 2 is 1.76 bits per heavy atom. The van der Waals surface area contributed by atoms with Crippen molar-refractivity contribution >= 4 is 46.7 Å². The number of anilines is 1. The molecule has 1 aromatic heterocycles.